The van der Waals surface area contributed by atoms with Gasteiger partial charge in [0.05, 0.1) is 16.3 Å². The van der Waals surface area contributed by atoms with Crippen LogP contribution >= 0.6 is 0 Å². The number of pyridine rings is 2. The van der Waals surface area contributed by atoms with E-state index in [2.05, 4.69) is 14.9 Å². The number of hydrogen-bond acceptors (Lipinski definition) is 5. The molecule has 0 radical (unpaired) electrons. The molecule has 2 heterocycles. The summed E-state index contributed by atoms with van der Waals surface area (Å²) in [6.45, 7) is 1.65. The van der Waals surface area contributed by atoms with Crippen molar-refractivity contribution >= 4 is 5.69 Å². The molecular weight excluding hydrogens is 347 g/mol. The van der Waals surface area contributed by atoms with Crippen LogP contribution in [0.2, 0.25) is 0 Å². The Kier molecular flexibility index (Phi) is 6.17. The minimum absolute atomic E-state index is 0.0629. The molecule has 6 nitrogen and oxygen atoms in total. The van der Waals surface area contributed by atoms with Crippen LogP contribution in [0.4, 0.5) is 10.1 Å². The normalized spacial score (nSPS) is 10.9. The Bertz CT molecular complexity index is 849. The van der Waals surface area contributed by atoms with Gasteiger partial charge in [0, 0.05) is 43.7 Å². The van der Waals surface area contributed by atoms with Crippen molar-refractivity contribution in [2.24, 2.45) is 0 Å². The Labute approximate surface area is 156 Å². The molecule has 0 spiro atoms. The predicted octanol–water partition coefficient (Wildman–Crippen LogP) is 3.77. The van der Waals surface area contributed by atoms with E-state index in [0.29, 0.717) is 31.6 Å². The molecule has 0 atom stereocenters. The lowest BCUT2D eigenvalue weighted by molar-refractivity contribution is -0.385. The van der Waals surface area contributed by atoms with Crippen LogP contribution in [-0.4, -0.2) is 26.3 Å². The van der Waals surface area contributed by atoms with Crippen molar-refractivity contribution in [3.05, 3.63) is 99.9 Å². The molecule has 0 saturated carbocycles. The second kappa shape index (κ2) is 8.95. The van der Waals surface area contributed by atoms with Crippen molar-refractivity contribution < 1.29 is 9.31 Å². The van der Waals surface area contributed by atoms with Crippen molar-refractivity contribution in [2.45, 2.75) is 19.5 Å². The zero-order chi connectivity index (χ0) is 19.1. The molecule has 138 valence electrons. The molecule has 0 amide bonds. The zero-order valence-electron chi connectivity index (χ0n) is 14.7. The number of nitrogens with zero attached hydrogens (tertiary/aromatic N) is 4. The maximum atomic E-state index is 13.6. The summed E-state index contributed by atoms with van der Waals surface area (Å²) in [5.41, 5.74) is 2.10. The van der Waals surface area contributed by atoms with Gasteiger partial charge in [0.15, 0.2) is 0 Å². The summed E-state index contributed by atoms with van der Waals surface area (Å²) in [5.74, 6) is -0.475. The molecule has 7 heteroatoms. The minimum atomic E-state index is -0.476. The van der Waals surface area contributed by atoms with Gasteiger partial charge >= 0.3 is 0 Å². The number of nitro groups is 1. The number of aromatic nitrogens is 2. The molecule has 27 heavy (non-hydrogen) atoms. The van der Waals surface area contributed by atoms with Gasteiger partial charge in [-0.25, -0.2) is 4.39 Å². The fourth-order valence-corrected chi connectivity index (χ4v) is 2.87. The lowest BCUT2D eigenvalue weighted by atomic mass is 10.1. The number of halogens is 1. The molecular formula is C20H19FN4O2. The van der Waals surface area contributed by atoms with Gasteiger partial charge in [0.1, 0.15) is 5.82 Å². The SMILES string of the molecule is O=[N+]([O-])c1ccc(F)cc1CCN(Cc1ccccn1)Cc1ccccn1. The Morgan fingerprint density at radius 2 is 1.59 bits per heavy atom. The lowest BCUT2D eigenvalue weighted by Gasteiger charge is -2.21. The molecule has 0 saturated heterocycles. The summed E-state index contributed by atoms with van der Waals surface area (Å²) in [6.07, 6.45) is 3.81. The molecule has 0 aliphatic carbocycles. The fraction of sp³-hybridized carbons (Fsp3) is 0.200. The largest absolute Gasteiger partial charge is 0.291 e. The summed E-state index contributed by atoms with van der Waals surface area (Å²) in [7, 11) is 0. The van der Waals surface area contributed by atoms with Gasteiger partial charge in [-0.15, -0.1) is 0 Å². The Balaban J connectivity index is 1.77. The van der Waals surface area contributed by atoms with Gasteiger partial charge in [0.25, 0.3) is 5.69 Å². The molecule has 0 fully saturated rings. The third-order valence-corrected chi connectivity index (χ3v) is 4.16. The van der Waals surface area contributed by atoms with Gasteiger partial charge in [-0.3, -0.25) is 25.0 Å². The van der Waals surface area contributed by atoms with Gasteiger partial charge in [-0.05, 0) is 42.8 Å². The third kappa shape index (κ3) is 5.39. The topological polar surface area (TPSA) is 72.2 Å². The number of benzene rings is 1. The summed E-state index contributed by atoms with van der Waals surface area (Å²) in [5, 5.41) is 11.2. The number of nitro benzene ring substituents is 1. The van der Waals surface area contributed by atoms with Crippen molar-refractivity contribution in [1.82, 2.24) is 14.9 Å². The molecule has 0 unspecified atom stereocenters. The highest BCUT2D eigenvalue weighted by molar-refractivity contribution is 5.40. The standard InChI is InChI=1S/C20H19FN4O2/c21-17-7-8-20(25(26)27)16(13-17)9-12-24(14-18-5-1-3-10-22-18)15-19-6-2-4-11-23-19/h1-8,10-11,13H,9,12,14-15H2. The zero-order valence-corrected chi connectivity index (χ0v) is 14.7. The summed E-state index contributed by atoms with van der Waals surface area (Å²) < 4.78 is 13.6. The van der Waals surface area contributed by atoms with Gasteiger partial charge in [-0.1, -0.05) is 12.1 Å². The van der Waals surface area contributed by atoms with Gasteiger partial charge in [-0.2, -0.15) is 0 Å². The van der Waals surface area contributed by atoms with E-state index in [-0.39, 0.29) is 5.69 Å². The molecule has 2 aromatic heterocycles. The second-order valence-electron chi connectivity index (χ2n) is 6.13. The van der Waals surface area contributed by atoms with E-state index in [1.54, 1.807) is 12.4 Å². The van der Waals surface area contributed by atoms with E-state index >= 15 is 0 Å². The van der Waals surface area contributed by atoms with Crippen molar-refractivity contribution in [1.29, 1.82) is 0 Å². The van der Waals surface area contributed by atoms with Crippen molar-refractivity contribution in [2.75, 3.05) is 6.54 Å². The van der Waals surface area contributed by atoms with Gasteiger partial charge in [0.2, 0.25) is 0 Å². The third-order valence-electron chi connectivity index (χ3n) is 4.16. The first-order chi connectivity index (χ1) is 13.1. The van der Waals surface area contributed by atoms with Crippen LogP contribution in [0.5, 0.6) is 0 Å². The van der Waals surface area contributed by atoms with E-state index in [9.17, 15) is 14.5 Å². The van der Waals surface area contributed by atoms with Crippen LogP contribution in [0, 0.1) is 15.9 Å². The number of hydrogen-bond donors (Lipinski definition) is 0. The van der Waals surface area contributed by atoms with Gasteiger partial charge < -0.3 is 0 Å². The summed E-state index contributed by atoms with van der Waals surface area (Å²) >= 11 is 0. The van der Waals surface area contributed by atoms with Crippen LogP contribution in [0.15, 0.2) is 67.0 Å². The Morgan fingerprint density at radius 3 is 2.11 bits per heavy atom. The maximum absolute atomic E-state index is 13.6. The molecule has 0 aliphatic rings. The quantitative estimate of drug-likeness (QED) is 0.448. The highest BCUT2D eigenvalue weighted by Gasteiger charge is 2.16. The Morgan fingerprint density at radius 1 is 0.963 bits per heavy atom. The minimum Gasteiger partial charge on any atom is -0.291 e. The van der Waals surface area contributed by atoms with E-state index < -0.39 is 10.7 Å². The van der Waals surface area contributed by atoms with Crippen molar-refractivity contribution in [3.8, 4) is 0 Å². The highest BCUT2D eigenvalue weighted by Crippen LogP contribution is 2.21. The molecule has 0 bridgehead atoms. The highest BCUT2D eigenvalue weighted by atomic mass is 19.1. The first-order valence-corrected chi connectivity index (χ1v) is 8.57. The second-order valence-corrected chi connectivity index (χ2v) is 6.13. The average Bonchev–Trinajstić information content (AvgIpc) is 2.67. The number of rotatable bonds is 8. The fourth-order valence-electron chi connectivity index (χ4n) is 2.87. The molecule has 3 rings (SSSR count). The van der Waals surface area contributed by atoms with E-state index in [1.165, 1.54) is 12.1 Å². The van der Waals surface area contributed by atoms with E-state index in [4.69, 9.17) is 0 Å². The maximum Gasteiger partial charge on any atom is 0.272 e. The van der Waals surface area contributed by atoms with E-state index in [1.807, 2.05) is 36.4 Å². The molecule has 0 N–H and O–H groups in total. The molecule has 0 aliphatic heterocycles. The Hall–Kier alpha value is -3.19. The first kappa shape index (κ1) is 18.6. The van der Waals surface area contributed by atoms with Crippen LogP contribution in [0.3, 0.4) is 0 Å². The summed E-state index contributed by atoms with van der Waals surface area (Å²) in [6, 6.07) is 14.9. The molecule has 1 aromatic carbocycles. The van der Waals surface area contributed by atoms with Crippen LogP contribution in [0.25, 0.3) is 0 Å². The lowest BCUT2D eigenvalue weighted by Crippen LogP contribution is -2.26. The smallest absolute Gasteiger partial charge is 0.272 e. The van der Waals surface area contributed by atoms with Crippen molar-refractivity contribution in [3.63, 3.8) is 0 Å². The van der Waals surface area contributed by atoms with Crippen LogP contribution in [0.1, 0.15) is 17.0 Å². The van der Waals surface area contributed by atoms with Crippen LogP contribution < -0.4 is 0 Å². The summed E-state index contributed by atoms with van der Waals surface area (Å²) in [4.78, 5) is 21.5. The van der Waals surface area contributed by atoms with Crippen LogP contribution in [-0.2, 0) is 19.5 Å². The van der Waals surface area contributed by atoms with E-state index in [0.717, 1.165) is 17.5 Å². The monoisotopic (exact) mass is 366 g/mol. The first-order valence-electron chi connectivity index (χ1n) is 8.57. The average molecular weight is 366 g/mol. The predicted molar refractivity (Wildman–Crippen MR) is 99.3 cm³/mol. The molecule has 3 aromatic rings.